The van der Waals surface area contributed by atoms with Gasteiger partial charge >= 0.3 is 12.1 Å². The van der Waals surface area contributed by atoms with Gasteiger partial charge in [0.1, 0.15) is 23.1 Å². The molecule has 0 atom stereocenters. The number of rotatable bonds is 4. The summed E-state index contributed by atoms with van der Waals surface area (Å²) < 4.78 is 38.2. The molecule has 0 aliphatic heterocycles. The van der Waals surface area contributed by atoms with Crippen LogP contribution >= 0.6 is 0 Å². The minimum absolute atomic E-state index is 0.0856. The van der Waals surface area contributed by atoms with E-state index in [-0.39, 0.29) is 17.9 Å². The summed E-state index contributed by atoms with van der Waals surface area (Å²) in [7, 11) is 0. The Morgan fingerprint density at radius 1 is 1.43 bits per heavy atom. The molecule has 1 aromatic rings. The van der Waals surface area contributed by atoms with Gasteiger partial charge in [-0.15, -0.1) is 0 Å². The lowest BCUT2D eigenvalue weighted by atomic mass is 10.0. The number of aromatic nitrogens is 1. The van der Waals surface area contributed by atoms with Gasteiger partial charge in [0.2, 0.25) is 0 Å². The minimum Gasteiger partial charge on any atom is -0.480 e. The van der Waals surface area contributed by atoms with E-state index in [1.54, 1.807) is 13.0 Å². The van der Waals surface area contributed by atoms with Crippen LogP contribution in [0.1, 0.15) is 32.0 Å². The normalized spacial score (nSPS) is 11.9. The number of alkyl halides is 3. The van der Waals surface area contributed by atoms with Crippen LogP contribution in [-0.4, -0.2) is 28.1 Å². The van der Waals surface area contributed by atoms with Gasteiger partial charge in [0.05, 0.1) is 5.56 Å². The molecule has 5 nitrogen and oxygen atoms in total. The maximum atomic E-state index is 12.7. The molecule has 0 aliphatic carbocycles. The van der Waals surface area contributed by atoms with Crippen molar-refractivity contribution >= 4 is 11.8 Å². The first kappa shape index (κ1) is 16.8. The number of pyridine rings is 1. The lowest BCUT2D eigenvalue weighted by molar-refractivity contribution is -0.142. The topological polar surface area (TPSA) is 77.2 Å². The number of anilines is 1. The van der Waals surface area contributed by atoms with Crippen molar-refractivity contribution in [2.45, 2.75) is 32.5 Å². The first-order valence-electron chi connectivity index (χ1n) is 6.05. The molecule has 0 amide bonds. The monoisotopic (exact) mass is 301 g/mol. The average molecular weight is 301 g/mol. The third kappa shape index (κ3) is 3.24. The zero-order valence-corrected chi connectivity index (χ0v) is 11.7. The Morgan fingerprint density at radius 3 is 2.38 bits per heavy atom. The Labute approximate surface area is 119 Å². The summed E-state index contributed by atoms with van der Waals surface area (Å²) >= 11 is 0. The summed E-state index contributed by atoms with van der Waals surface area (Å²) in [6, 6.07) is 3.43. The zero-order valence-electron chi connectivity index (χ0n) is 11.7. The molecule has 0 unspecified atom stereocenters. The molecular weight excluding hydrogens is 287 g/mol. The average Bonchev–Trinajstić information content (AvgIpc) is 2.37. The number of nitriles is 1. The number of aliphatic carboxylic acids is 1. The van der Waals surface area contributed by atoms with E-state index in [9.17, 15) is 23.1 Å². The van der Waals surface area contributed by atoms with Crippen molar-refractivity contribution in [1.82, 2.24) is 4.98 Å². The van der Waals surface area contributed by atoms with Crippen molar-refractivity contribution in [3.63, 3.8) is 0 Å². The van der Waals surface area contributed by atoms with Crippen molar-refractivity contribution in [1.29, 1.82) is 5.26 Å². The molecule has 1 heterocycles. The number of hydrogen-bond donors (Lipinski definition) is 1. The summed E-state index contributed by atoms with van der Waals surface area (Å²) in [6.45, 7) is 4.33. The number of carboxylic acids is 1. The molecule has 114 valence electrons. The Morgan fingerprint density at radius 2 is 2.00 bits per heavy atom. The van der Waals surface area contributed by atoms with Crippen molar-refractivity contribution in [2.75, 3.05) is 11.4 Å². The Balaban J connectivity index is 3.51. The minimum atomic E-state index is -4.67. The molecule has 0 spiro atoms. The molecule has 0 aromatic carbocycles. The van der Waals surface area contributed by atoms with Crippen molar-refractivity contribution < 1.29 is 23.1 Å². The summed E-state index contributed by atoms with van der Waals surface area (Å²) in [6.07, 6.45) is -4.67. The van der Waals surface area contributed by atoms with E-state index >= 15 is 0 Å². The smallest absolute Gasteiger partial charge is 0.433 e. The molecule has 1 N–H and O–H groups in total. The van der Waals surface area contributed by atoms with Crippen LogP contribution in [0.25, 0.3) is 0 Å². The SMILES string of the molecule is CCN(c1nc(C(F)(F)F)ccc1C#N)C(C)(C)C(=O)O. The number of halogens is 3. The lowest BCUT2D eigenvalue weighted by Gasteiger charge is -2.35. The van der Waals surface area contributed by atoms with Gasteiger partial charge < -0.3 is 10.0 Å². The van der Waals surface area contributed by atoms with Gasteiger partial charge in [-0.2, -0.15) is 18.4 Å². The highest BCUT2D eigenvalue weighted by molar-refractivity contribution is 5.82. The molecule has 0 radical (unpaired) electrons. The van der Waals surface area contributed by atoms with Crippen LogP contribution in [0.3, 0.4) is 0 Å². The fraction of sp³-hybridized carbons (Fsp3) is 0.462. The van der Waals surface area contributed by atoms with Gasteiger partial charge in [-0.05, 0) is 32.9 Å². The summed E-state index contributed by atoms with van der Waals surface area (Å²) in [5, 5.41) is 18.2. The second-order valence-corrected chi connectivity index (χ2v) is 4.79. The maximum Gasteiger partial charge on any atom is 0.433 e. The van der Waals surface area contributed by atoms with Crippen molar-refractivity contribution in [2.24, 2.45) is 0 Å². The van der Waals surface area contributed by atoms with Crippen LogP contribution in [-0.2, 0) is 11.0 Å². The van der Waals surface area contributed by atoms with Gasteiger partial charge in [0.15, 0.2) is 0 Å². The van der Waals surface area contributed by atoms with Crippen LogP contribution < -0.4 is 4.90 Å². The van der Waals surface area contributed by atoms with Crippen LogP contribution in [0.15, 0.2) is 12.1 Å². The van der Waals surface area contributed by atoms with E-state index < -0.39 is 23.4 Å². The predicted molar refractivity (Wildman–Crippen MR) is 68.7 cm³/mol. The van der Waals surface area contributed by atoms with Crippen LogP contribution in [0.2, 0.25) is 0 Å². The van der Waals surface area contributed by atoms with E-state index in [4.69, 9.17) is 5.26 Å². The van der Waals surface area contributed by atoms with Crippen LogP contribution in [0.4, 0.5) is 19.0 Å². The van der Waals surface area contributed by atoms with E-state index in [0.29, 0.717) is 6.07 Å². The van der Waals surface area contributed by atoms with Gasteiger partial charge in [-0.25, -0.2) is 9.78 Å². The largest absolute Gasteiger partial charge is 0.480 e. The van der Waals surface area contributed by atoms with Crippen molar-refractivity contribution in [3.8, 4) is 6.07 Å². The highest BCUT2D eigenvalue weighted by Crippen LogP contribution is 2.32. The first-order chi connectivity index (χ1) is 9.55. The Bertz CT molecular complexity index is 591. The molecule has 0 aliphatic rings. The molecule has 1 rings (SSSR count). The van der Waals surface area contributed by atoms with Crippen LogP contribution in [0, 0.1) is 11.3 Å². The maximum absolute atomic E-state index is 12.7. The second-order valence-electron chi connectivity index (χ2n) is 4.79. The number of carboxylic acid groups (broad SMARTS) is 1. The number of hydrogen-bond acceptors (Lipinski definition) is 4. The van der Waals surface area contributed by atoms with Crippen molar-refractivity contribution in [3.05, 3.63) is 23.4 Å². The second kappa shape index (κ2) is 5.60. The molecular formula is C13H14F3N3O2. The third-order valence-electron chi connectivity index (χ3n) is 3.06. The molecule has 0 saturated carbocycles. The molecule has 0 bridgehead atoms. The standard InChI is InChI=1S/C13H14F3N3O2/c1-4-19(12(2,3)11(20)21)10-8(7-17)5-6-9(18-10)13(14,15)16/h5-6H,4H2,1-3H3,(H,20,21). The molecule has 8 heteroatoms. The molecule has 0 saturated heterocycles. The number of carbonyl (C=O) groups is 1. The summed E-state index contributed by atoms with van der Waals surface area (Å²) in [5.41, 5.74) is -2.78. The fourth-order valence-electron chi connectivity index (χ4n) is 1.82. The highest BCUT2D eigenvalue weighted by atomic mass is 19.4. The quantitative estimate of drug-likeness (QED) is 0.925. The number of likely N-dealkylation sites (N-methyl/N-ethyl adjacent to an activating group) is 1. The first-order valence-corrected chi connectivity index (χ1v) is 6.05. The van der Waals surface area contributed by atoms with E-state index in [2.05, 4.69) is 4.98 Å². The highest BCUT2D eigenvalue weighted by Gasteiger charge is 2.38. The van der Waals surface area contributed by atoms with E-state index in [0.717, 1.165) is 11.0 Å². The molecule has 21 heavy (non-hydrogen) atoms. The van der Waals surface area contributed by atoms with Gasteiger partial charge in [-0.3, -0.25) is 0 Å². The zero-order chi connectivity index (χ0) is 16.4. The molecule has 0 fully saturated rings. The van der Waals surface area contributed by atoms with E-state index in [1.165, 1.54) is 13.8 Å². The fourth-order valence-corrected chi connectivity index (χ4v) is 1.82. The van der Waals surface area contributed by atoms with Gasteiger partial charge in [-0.1, -0.05) is 0 Å². The lowest BCUT2D eigenvalue weighted by Crippen LogP contribution is -2.51. The summed E-state index contributed by atoms with van der Waals surface area (Å²) in [5.74, 6) is -1.52. The Kier molecular flexibility index (Phi) is 4.46. The summed E-state index contributed by atoms with van der Waals surface area (Å²) in [4.78, 5) is 15.9. The van der Waals surface area contributed by atoms with Gasteiger partial charge in [0.25, 0.3) is 0 Å². The van der Waals surface area contributed by atoms with Crippen LogP contribution in [0.5, 0.6) is 0 Å². The van der Waals surface area contributed by atoms with E-state index in [1.807, 2.05) is 0 Å². The number of nitrogens with zero attached hydrogens (tertiary/aromatic N) is 3. The molecule has 1 aromatic heterocycles. The predicted octanol–water partition coefficient (Wildman–Crippen LogP) is 2.66. The Hall–Kier alpha value is -2.30. The third-order valence-corrected chi connectivity index (χ3v) is 3.06. The van der Waals surface area contributed by atoms with Gasteiger partial charge in [0, 0.05) is 6.54 Å².